The van der Waals surface area contributed by atoms with Gasteiger partial charge in [-0.05, 0) is 42.6 Å². The summed E-state index contributed by atoms with van der Waals surface area (Å²) in [5.74, 6) is -0.346. The molecular weight excluding hydrogens is 300 g/mol. The fraction of sp³-hybridized carbons (Fsp3) is 0.600. The van der Waals surface area contributed by atoms with Crippen molar-refractivity contribution in [1.29, 1.82) is 0 Å². The minimum Gasteiger partial charge on any atom is -0.345 e. The van der Waals surface area contributed by atoms with Gasteiger partial charge >= 0.3 is 11.8 Å². The van der Waals surface area contributed by atoms with Crippen LogP contribution in [0.5, 0.6) is 0 Å². The summed E-state index contributed by atoms with van der Waals surface area (Å²) in [5, 5.41) is 5.57. The molecule has 1 aliphatic carbocycles. The Hall–Kier alpha value is -1.84. The Kier molecular flexibility index (Phi) is 6.41. The van der Waals surface area contributed by atoms with Gasteiger partial charge in [-0.15, -0.1) is 0 Å². The minimum atomic E-state index is -0.546. The standard InChI is InChI=1S/C20H30N2O2/c1-4-20(2,3)16-10-12-17(13-11-16)22-19(24)18(23)21-14-15-8-6-5-7-9-15/h5-9,16-17H,4,10-14H2,1-3H3,(H,21,23)(H,22,24). The molecule has 1 fully saturated rings. The molecule has 1 aromatic carbocycles. The lowest BCUT2D eigenvalue weighted by molar-refractivity contribution is -0.139. The summed E-state index contributed by atoms with van der Waals surface area (Å²) in [6.45, 7) is 7.27. The Morgan fingerprint density at radius 3 is 2.25 bits per heavy atom. The predicted molar refractivity (Wildman–Crippen MR) is 96.2 cm³/mol. The monoisotopic (exact) mass is 330 g/mol. The first-order valence-corrected chi connectivity index (χ1v) is 9.05. The summed E-state index contributed by atoms with van der Waals surface area (Å²) < 4.78 is 0. The fourth-order valence-electron chi connectivity index (χ4n) is 3.42. The van der Waals surface area contributed by atoms with Gasteiger partial charge in [0.2, 0.25) is 0 Å². The molecular formula is C20H30N2O2. The molecule has 0 aliphatic heterocycles. The third kappa shape index (κ3) is 5.08. The van der Waals surface area contributed by atoms with Crippen LogP contribution in [0.15, 0.2) is 30.3 Å². The maximum absolute atomic E-state index is 12.0. The first-order valence-electron chi connectivity index (χ1n) is 9.05. The van der Waals surface area contributed by atoms with E-state index in [1.807, 2.05) is 30.3 Å². The van der Waals surface area contributed by atoms with Crippen molar-refractivity contribution in [1.82, 2.24) is 10.6 Å². The molecule has 2 amide bonds. The van der Waals surface area contributed by atoms with E-state index in [-0.39, 0.29) is 6.04 Å². The van der Waals surface area contributed by atoms with Gasteiger partial charge in [0.15, 0.2) is 0 Å². The molecule has 1 aromatic rings. The Labute approximate surface area is 145 Å². The first-order chi connectivity index (χ1) is 11.4. The van der Waals surface area contributed by atoms with E-state index in [1.54, 1.807) is 0 Å². The van der Waals surface area contributed by atoms with Crippen LogP contribution < -0.4 is 10.6 Å². The van der Waals surface area contributed by atoms with Crippen LogP contribution in [0.2, 0.25) is 0 Å². The molecule has 1 aliphatic rings. The minimum absolute atomic E-state index is 0.129. The van der Waals surface area contributed by atoms with Crippen LogP contribution in [0.25, 0.3) is 0 Å². The highest BCUT2D eigenvalue weighted by atomic mass is 16.2. The molecule has 0 heterocycles. The van der Waals surface area contributed by atoms with Crippen LogP contribution in [0.1, 0.15) is 58.4 Å². The lowest BCUT2D eigenvalue weighted by atomic mass is 9.69. The summed E-state index contributed by atoms with van der Waals surface area (Å²) in [6.07, 6.45) is 5.35. The van der Waals surface area contributed by atoms with Crippen molar-refractivity contribution < 1.29 is 9.59 Å². The summed E-state index contributed by atoms with van der Waals surface area (Å²) in [7, 11) is 0. The van der Waals surface area contributed by atoms with Crippen LogP contribution in [0.3, 0.4) is 0 Å². The zero-order valence-electron chi connectivity index (χ0n) is 15.1. The molecule has 0 spiro atoms. The average Bonchev–Trinajstić information content (AvgIpc) is 2.61. The molecule has 0 radical (unpaired) electrons. The fourth-order valence-corrected chi connectivity index (χ4v) is 3.42. The van der Waals surface area contributed by atoms with Gasteiger partial charge in [0.05, 0.1) is 0 Å². The highest BCUT2D eigenvalue weighted by Gasteiger charge is 2.32. The molecule has 0 bridgehead atoms. The first kappa shape index (κ1) is 18.5. The number of hydrogen-bond acceptors (Lipinski definition) is 2. The van der Waals surface area contributed by atoms with E-state index in [0.717, 1.165) is 31.2 Å². The lowest BCUT2D eigenvalue weighted by Gasteiger charge is -2.39. The Morgan fingerprint density at radius 2 is 1.67 bits per heavy atom. The van der Waals surface area contributed by atoms with E-state index < -0.39 is 11.8 Å². The quantitative estimate of drug-likeness (QED) is 0.813. The number of hydrogen-bond donors (Lipinski definition) is 2. The molecule has 132 valence electrons. The zero-order chi connectivity index (χ0) is 17.6. The van der Waals surface area contributed by atoms with Crippen molar-refractivity contribution in [2.45, 2.75) is 65.5 Å². The second kappa shape index (κ2) is 8.32. The number of carbonyl (C=O) groups excluding carboxylic acids is 2. The van der Waals surface area contributed by atoms with E-state index in [9.17, 15) is 9.59 Å². The van der Waals surface area contributed by atoms with Gasteiger partial charge in [0.1, 0.15) is 0 Å². The normalized spacial score (nSPS) is 21.1. The highest BCUT2D eigenvalue weighted by Crippen LogP contribution is 2.40. The van der Waals surface area contributed by atoms with Gasteiger partial charge in [-0.25, -0.2) is 0 Å². The number of carbonyl (C=O) groups is 2. The summed E-state index contributed by atoms with van der Waals surface area (Å²) in [5.41, 5.74) is 1.35. The van der Waals surface area contributed by atoms with Gasteiger partial charge in [-0.3, -0.25) is 9.59 Å². The van der Waals surface area contributed by atoms with Crippen molar-refractivity contribution in [3.05, 3.63) is 35.9 Å². The Bertz CT molecular complexity index is 546. The largest absolute Gasteiger partial charge is 0.345 e. The van der Waals surface area contributed by atoms with Crippen LogP contribution in [-0.4, -0.2) is 17.9 Å². The smallest absolute Gasteiger partial charge is 0.309 e. The van der Waals surface area contributed by atoms with E-state index in [4.69, 9.17) is 0 Å². The Balaban J connectivity index is 1.74. The second-order valence-corrected chi connectivity index (χ2v) is 7.53. The van der Waals surface area contributed by atoms with Gasteiger partial charge < -0.3 is 10.6 Å². The number of nitrogens with one attached hydrogen (secondary N) is 2. The van der Waals surface area contributed by atoms with Gasteiger partial charge in [-0.1, -0.05) is 57.5 Å². The lowest BCUT2D eigenvalue weighted by Crippen LogP contribution is -2.46. The molecule has 0 saturated heterocycles. The van der Waals surface area contributed by atoms with Gasteiger partial charge in [-0.2, -0.15) is 0 Å². The van der Waals surface area contributed by atoms with E-state index in [1.165, 1.54) is 6.42 Å². The number of rotatable bonds is 5. The molecule has 2 N–H and O–H groups in total. The van der Waals surface area contributed by atoms with Crippen LogP contribution in [0.4, 0.5) is 0 Å². The molecule has 4 heteroatoms. The van der Waals surface area contributed by atoms with Crippen LogP contribution in [-0.2, 0) is 16.1 Å². The molecule has 0 aromatic heterocycles. The topological polar surface area (TPSA) is 58.2 Å². The SMILES string of the molecule is CCC(C)(C)C1CCC(NC(=O)C(=O)NCc2ccccc2)CC1. The predicted octanol–water partition coefficient (Wildman–Crippen LogP) is 3.41. The summed E-state index contributed by atoms with van der Waals surface area (Å²) >= 11 is 0. The Morgan fingerprint density at radius 1 is 1.04 bits per heavy atom. The van der Waals surface area contributed by atoms with Crippen molar-refractivity contribution in [3.8, 4) is 0 Å². The summed E-state index contributed by atoms with van der Waals surface area (Å²) in [4.78, 5) is 24.0. The van der Waals surface area contributed by atoms with E-state index >= 15 is 0 Å². The van der Waals surface area contributed by atoms with Crippen molar-refractivity contribution >= 4 is 11.8 Å². The van der Waals surface area contributed by atoms with Crippen molar-refractivity contribution in [3.63, 3.8) is 0 Å². The maximum atomic E-state index is 12.0. The number of benzene rings is 1. The molecule has 0 atom stereocenters. The second-order valence-electron chi connectivity index (χ2n) is 7.53. The van der Waals surface area contributed by atoms with E-state index in [2.05, 4.69) is 31.4 Å². The van der Waals surface area contributed by atoms with E-state index in [0.29, 0.717) is 17.9 Å². The third-order valence-corrected chi connectivity index (χ3v) is 5.58. The third-order valence-electron chi connectivity index (χ3n) is 5.58. The average molecular weight is 330 g/mol. The molecule has 1 saturated carbocycles. The van der Waals surface area contributed by atoms with Gasteiger partial charge in [0.25, 0.3) is 0 Å². The molecule has 0 unspecified atom stereocenters. The maximum Gasteiger partial charge on any atom is 0.309 e. The van der Waals surface area contributed by atoms with Crippen LogP contribution in [0, 0.1) is 11.3 Å². The molecule has 2 rings (SSSR count). The van der Waals surface area contributed by atoms with Crippen molar-refractivity contribution in [2.75, 3.05) is 0 Å². The highest BCUT2D eigenvalue weighted by molar-refractivity contribution is 6.35. The zero-order valence-corrected chi connectivity index (χ0v) is 15.1. The van der Waals surface area contributed by atoms with Crippen molar-refractivity contribution in [2.24, 2.45) is 11.3 Å². The van der Waals surface area contributed by atoms with Gasteiger partial charge in [0, 0.05) is 12.6 Å². The van der Waals surface area contributed by atoms with Crippen LogP contribution >= 0.6 is 0 Å². The molecule has 4 nitrogen and oxygen atoms in total. The molecule has 24 heavy (non-hydrogen) atoms. The number of amides is 2. The summed E-state index contributed by atoms with van der Waals surface area (Å²) in [6, 6.07) is 9.73.